The van der Waals surface area contributed by atoms with Crippen molar-refractivity contribution in [3.8, 4) is 0 Å². The highest BCUT2D eigenvalue weighted by molar-refractivity contribution is 4.96. The lowest BCUT2D eigenvalue weighted by Gasteiger charge is -2.48. The van der Waals surface area contributed by atoms with Gasteiger partial charge >= 0.3 is 0 Å². The molecule has 0 unspecified atom stereocenters. The zero-order chi connectivity index (χ0) is 12.9. The summed E-state index contributed by atoms with van der Waals surface area (Å²) in [5.74, 6) is 0. The maximum atomic E-state index is 6.05. The highest BCUT2D eigenvalue weighted by atomic mass is 16.5. The molecule has 1 fully saturated rings. The summed E-state index contributed by atoms with van der Waals surface area (Å²) in [5.41, 5.74) is 6.76. The summed E-state index contributed by atoms with van der Waals surface area (Å²) in [6.45, 7) is 10.2. The quantitative estimate of drug-likeness (QED) is 0.726. The summed E-state index contributed by atoms with van der Waals surface area (Å²) in [6.07, 6.45) is 5.00. The van der Waals surface area contributed by atoms with E-state index in [1.54, 1.807) is 0 Å². The SMILES string of the molecule is CCOCCN(C)C1(CN)CCC(C)(C)CC1. The Labute approximate surface area is 107 Å². The minimum Gasteiger partial charge on any atom is -0.380 e. The Kier molecular flexibility index (Phi) is 5.42. The van der Waals surface area contributed by atoms with Crippen LogP contribution in [0.15, 0.2) is 0 Å². The second kappa shape index (κ2) is 6.17. The Bertz CT molecular complexity index is 218. The van der Waals surface area contributed by atoms with Crippen molar-refractivity contribution in [2.45, 2.75) is 52.0 Å². The molecule has 1 rings (SSSR count). The van der Waals surface area contributed by atoms with E-state index >= 15 is 0 Å². The van der Waals surface area contributed by atoms with Crippen LogP contribution in [-0.4, -0.2) is 43.8 Å². The van der Waals surface area contributed by atoms with Crippen LogP contribution in [0.5, 0.6) is 0 Å². The van der Waals surface area contributed by atoms with Crippen LogP contribution in [0.1, 0.15) is 46.5 Å². The molecule has 0 aromatic rings. The Hall–Kier alpha value is -0.120. The fourth-order valence-corrected chi connectivity index (χ4v) is 2.72. The lowest BCUT2D eigenvalue weighted by atomic mass is 9.69. The van der Waals surface area contributed by atoms with Gasteiger partial charge < -0.3 is 10.5 Å². The lowest BCUT2D eigenvalue weighted by molar-refractivity contribution is 0.0198. The average Bonchev–Trinajstić information content (AvgIpc) is 2.30. The van der Waals surface area contributed by atoms with E-state index in [0.29, 0.717) is 5.41 Å². The van der Waals surface area contributed by atoms with E-state index in [1.807, 2.05) is 6.92 Å². The van der Waals surface area contributed by atoms with Crippen LogP contribution >= 0.6 is 0 Å². The van der Waals surface area contributed by atoms with Gasteiger partial charge in [0.15, 0.2) is 0 Å². The van der Waals surface area contributed by atoms with Crippen molar-refractivity contribution in [2.75, 3.05) is 33.4 Å². The zero-order valence-electron chi connectivity index (χ0n) is 12.1. The third-order valence-corrected chi connectivity index (χ3v) is 4.50. The maximum Gasteiger partial charge on any atom is 0.0593 e. The van der Waals surface area contributed by atoms with E-state index in [4.69, 9.17) is 10.5 Å². The van der Waals surface area contributed by atoms with Gasteiger partial charge in [-0.2, -0.15) is 0 Å². The predicted molar refractivity (Wildman–Crippen MR) is 73.2 cm³/mol. The van der Waals surface area contributed by atoms with Crippen molar-refractivity contribution in [3.05, 3.63) is 0 Å². The van der Waals surface area contributed by atoms with Crippen molar-refractivity contribution in [1.82, 2.24) is 4.90 Å². The minimum absolute atomic E-state index is 0.215. The van der Waals surface area contributed by atoms with Crippen LogP contribution in [0.3, 0.4) is 0 Å². The number of hydrogen-bond donors (Lipinski definition) is 1. The second-order valence-corrected chi connectivity index (χ2v) is 6.21. The van der Waals surface area contributed by atoms with Gasteiger partial charge in [-0.3, -0.25) is 4.90 Å². The molecule has 0 atom stereocenters. The second-order valence-electron chi connectivity index (χ2n) is 6.21. The molecular weight excluding hydrogens is 212 g/mol. The lowest BCUT2D eigenvalue weighted by Crippen LogP contribution is -2.55. The fourth-order valence-electron chi connectivity index (χ4n) is 2.72. The number of likely N-dealkylation sites (N-methyl/N-ethyl adjacent to an activating group) is 1. The first-order valence-corrected chi connectivity index (χ1v) is 6.95. The Morgan fingerprint density at radius 2 is 1.76 bits per heavy atom. The standard InChI is InChI=1S/C14H30N2O/c1-5-17-11-10-16(4)14(12-15)8-6-13(2,3)7-9-14/h5-12,15H2,1-4H3. The third kappa shape index (κ3) is 3.94. The molecule has 3 heteroatoms. The molecule has 0 aromatic heterocycles. The van der Waals surface area contributed by atoms with E-state index in [9.17, 15) is 0 Å². The largest absolute Gasteiger partial charge is 0.380 e. The topological polar surface area (TPSA) is 38.5 Å². The van der Waals surface area contributed by atoms with Gasteiger partial charge in [0, 0.05) is 25.2 Å². The monoisotopic (exact) mass is 242 g/mol. The van der Waals surface area contributed by atoms with E-state index in [-0.39, 0.29) is 5.54 Å². The summed E-state index contributed by atoms with van der Waals surface area (Å²) < 4.78 is 5.44. The molecule has 0 heterocycles. The first kappa shape index (κ1) is 14.9. The highest BCUT2D eigenvalue weighted by Gasteiger charge is 2.39. The summed E-state index contributed by atoms with van der Waals surface area (Å²) in [5, 5.41) is 0. The summed E-state index contributed by atoms with van der Waals surface area (Å²) in [6, 6.07) is 0. The molecule has 0 aromatic carbocycles. The van der Waals surface area contributed by atoms with Gasteiger partial charge in [0.25, 0.3) is 0 Å². The summed E-state index contributed by atoms with van der Waals surface area (Å²) >= 11 is 0. The highest BCUT2D eigenvalue weighted by Crippen LogP contribution is 2.42. The number of rotatable bonds is 6. The third-order valence-electron chi connectivity index (χ3n) is 4.50. The average molecular weight is 242 g/mol. The molecule has 0 aliphatic heterocycles. The Morgan fingerprint density at radius 1 is 1.18 bits per heavy atom. The number of nitrogens with zero attached hydrogens (tertiary/aromatic N) is 1. The van der Waals surface area contributed by atoms with Crippen molar-refractivity contribution < 1.29 is 4.74 Å². The van der Waals surface area contributed by atoms with E-state index in [1.165, 1.54) is 25.7 Å². The van der Waals surface area contributed by atoms with Crippen LogP contribution in [-0.2, 0) is 4.74 Å². The van der Waals surface area contributed by atoms with E-state index < -0.39 is 0 Å². The zero-order valence-corrected chi connectivity index (χ0v) is 12.1. The van der Waals surface area contributed by atoms with Gasteiger partial charge in [0.1, 0.15) is 0 Å². The molecule has 0 saturated heterocycles. The molecule has 0 spiro atoms. The molecule has 102 valence electrons. The van der Waals surface area contributed by atoms with Crippen molar-refractivity contribution in [3.63, 3.8) is 0 Å². The minimum atomic E-state index is 0.215. The fraction of sp³-hybridized carbons (Fsp3) is 1.00. The summed E-state index contributed by atoms with van der Waals surface area (Å²) in [4.78, 5) is 2.43. The molecule has 1 aliphatic rings. The van der Waals surface area contributed by atoms with Gasteiger partial charge in [-0.05, 0) is 45.1 Å². The van der Waals surface area contributed by atoms with Gasteiger partial charge in [-0.25, -0.2) is 0 Å². The van der Waals surface area contributed by atoms with Crippen LogP contribution in [0, 0.1) is 5.41 Å². The molecular formula is C14H30N2O. The summed E-state index contributed by atoms with van der Waals surface area (Å²) in [7, 11) is 2.20. The van der Waals surface area contributed by atoms with Gasteiger partial charge in [-0.15, -0.1) is 0 Å². The normalized spacial score (nSPS) is 22.9. The van der Waals surface area contributed by atoms with Crippen molar-refractivity contribution >= 4 is 0 Å². The smallest absolute Gasteiger partial charge is 0.0593 e. The molecule has 3 nitrogen and oxygen atoms in total. The predicted octanol–water partition coefficient (Wildman–Crippen LogP) is 2.25. The molecule has 0 bridgehead atoms. The Morgan fingerprint density at radius 3 is 2.24 bits per heavy atom. The van der Waals surface area contributed by atoms with Crippen molar-refractivity contribution in [2.24, 2.45) is 11.1 Å². The molecule has 0 radical (unpaired) electrons. The van der Waals surface area contributed by atoms with Crippen LogP contribution < -0.4 is 5.73 Å². The molecule has 2 N–H and O–H groups in total. The first-order chi connectivity index (χ1) is 7.96. The van der Waals surface area contributed by atoms with Gasteiger partial charge in [-0.1, -0.05) is 13.8 Å². The van der Waals surface area contributed by atoms with Gasteiger partial charge in [0.05, 0.1) is 6.61 Å². The molecule has 1 saturated carbocycles. The molecule has 0 amide bonds. The van der Waals surface area contributed by atoms with Crippen LogP contribution in [0.4, 0.5) is 0 Å². The number of nitrogens with two attached hydrogens (primary N) is 1. The number of hydrogen-bond acceptors (Lipinski definition) is 3. The Balaban J connectivity index is 2.51. The maximum absolute atomic E-state index is 6.05. The van der Waals surface area contributed by atoms with Crippen LogP contribution in [0.2, 0.25) is 0 Å². The number of ether oxygens (including phenoxy) is 1. The van der Waals surface area contributed by atoms with Crippen LogP contribution in [0.25, 0.3) is 0 Å². The van der Waals surface area contributed by atoms with E-state index in [0.717, 1.165) is 26.3 Å². The van der Waals surface area contributed by atoms with Crippen molar-refractivity contribution in [1.29, 1.82) is 0 Å². The van der Waals surface area contributed by atoms with E-state index in [2.05, 4.69) is 25.8 Å². The molecule has 1 aliphatic carbocycles. The first-order valence-electron chi connectivity index (χ1n) is 6.95. The molecule has 17 heavy (non-hydrogen) atoms. The van der Waals surface area contributed by atoms with Gasteiger partial charge in [0.2, 0.25) is 0 Å².